The van der Waals surface area contributed by atoms with Gasteiger partial charge in [0.15, 0.2) is 5.78 Å². The van der Waals surface area contributed by atoms with E-state index >= 15 is 0 Å². The van der Waals surface area contributed by atoms with E-state index in [0.29, 0.717) is 11.1 Å². The summed E-state index contributed by atoms with van der Waals surface area (Å²) in [6.07, 6.45) is 3.08. The molecule has 0 aliphatic rings. The van der Waals surface area contributed by atoms with Crippen LogP contribution in [-0.2, 0) is 14.3 Å². The van der Waals surface area contributed by atoms with Gasteiger partial charge in [0.05, 0.1) is 30.3 Å². The molecule has 6 heteroatoms. The molecule has 6 nitrogen and oxygen atoms in total. The molecule has 0 fully saturated rings. The van der Waals surface area contributed by atoms with Crippen molar-refractivity contribution < 1.29 is 19.1 Å². The van der Waals surface area contributed by atoms with E-state index in [9.17, 15) is 14.4 Å². The minimum absolute atomic E-state index is 0.311. The van der Waals surface area contributed by atoms with Gasteiger partial charge in [0.2, 0.25) is 0 Å². The second-order valence-electron chi connectivity index (χ2n) is 4.03. The van der Waals surface area contributed by atoms with E-state index in [0.717, 1.165) is 7.11 Å². The molecule has 2 rings (SSSR count). The minimum Gasteiger partial charge on any atom is -0.463 e. The molecule has 0 saturated heterocycles. The van der Waals surface area contributed by atoms with Crippen LogP contribution < -0.4 is 0 Å². The Morgan fingerprint density at radius 3 is 2.74 bits per heavy atom. The summed E-state index contributed by atoms with van der Waals surface area (Å²) in [4.78, 5) is 35.0. The van der Waals surface area contributed by atoms with E-state index in [2.05, 4.69) is 9.84 Å². The molecule has 0 aliphatic carbocycles. The molecule has 0 aromatic carbocycles. The molecule has 0 spiro atoms. The number of esters is 1. The highest BCUT2D eigenvalue weighted by Crippen LogP contribution is 2.16. The van der Waals surface area contributed by atoms with Crippen molar-refractivity contribution in [3.05, 3.63) is 36.2 Å². The number of carbonyl (C=O) groups excluding carboxylic acids is 3. The number of ketones is 2. The lowest BCUT2D eigenvalue weighted by Crippen LogP contribution is -2.28. The van der Waals surface area contributed by atoms with Gasteiger partial charge in [-0.2, -0.15) is 5.10 Å². The first kappa shape index (κ1) is 12.9. The van der Waals surface area contributed by atoms with E-state index in [4.69, 9.17) is 0 Å². The van der Waals surface area contributed by atoms with Gasteiger partial charge in [-0.15, -0.1) is 0 Å². The standard InChI is InChI=1S/C13H12N2O4/c1-8(12(17)13(18)19-2)11(16)9-7-14-15-6-4-3-5-10(9)15/h3-8H,1-2H3. The number of nitrogens with zero attached hydrogens (tertiary/aromatic N) is 2. The van der Waals surface area contributed by atoms with E-state index in [1.165, 1.54) is 17.6 Å². The summed E-state index contributed by atoms with van der Waals surface area (Å²) in [6, 6.07) is 5.26. The Balaban J connectivity index is 2.34. The maximum absolute atomic E-state index is 12.2. The number of pyridine rings is 1. The summed E-state index contributed by atoms with van der Waals surface area (Å²) in [5.41, 5.74) is 0.905. The van der Waals surface area contributed by atoms with Gasteiger partial charge in [0, 0.05) is 6.20 Å². The molecule has 0 saturated carbocycles. The summed E-state index contributed by atoms with van der Waals surface area (Å²) in [7, 11) is 1.10. The maximum atomic E-state index is 12.2. The topological polar surface area (TPSA) is 77.7 Å². The molecular formula is C13H12N2O4. The van der Waals surface area contributed by atoms with Crippen LogP contribution in [0.15, 0.2) is 30.6 Å². The summed E-state index contributed by atoms with van der Waals surface area (Å²) < 4.78 is 5.86. The molecule has 2 heterocycles. The Hall–Kier alpha value is -2.50. The number of aromatic nitrogens is 2. The monoisotopic (exact) mass is 260 g/mol. The van der Waals surface area contributed by atoms with Crippen LogP contribution in [0.5, 0.6) is 0 Å². The summed E-state index contributed by atoms with van der Waals surface area (Å²) in [5, 5.41) is 4.01. The van der Waals surface area contributed by atoms with Crippen LogP contribution in [0.2, 0.25) is 0 Å². The van der Waals surface area contributed by atoms with E-state index < -0.39 is 23.5 Å². The summed E-state index contributed by atoms with van der Waals surface area (Å²) >= 11 is 0. The Kier molecular flexibility index (Phi) is 3.41. The van der Waals surface area contributed by atoms with Crippen molar-refractivity contribution >= 4 is 23.1 Å². The number of methoxy groups -OCH3 is 1. The average Bonchev–Trinajstić information content (AvgIpc) is 2.87. The Morgan fingerprint density at radius 2 is 2.05 bits per heavy atom. The Bertz CT molecular complexity index is 659. The van der Waals surface area contributed by atoms with Crippen LogP contribution in [-0.4, -0.2) is 34.3 Å². The van der Waals surface area contributed by atoms with Gasteiger partial charge in [0.25, 0.3) is 5.78 Å². The Morgan fingerprint density at radius 1 is 1.32 bits per heavy atom. The zero-order valence-corrected chi connectivity index (χ0v) is 10.5. The number of carbonyl (C=O) groups is 3. The average molecular weight is 260 g/mol. The van der Waals surface area contributed by atoms with E-state index in [1.54, 1.807) is 24.4 Å². The smallest absolute Gasteiger partial charge is 0.375 e. The lowest BCUT2D eigenvalue weighted by atomic mass is 9.96. The normalized spacial score (nSPS) is 12.1. The largest absolute Gasteiger partial charge is 0.463 e. The number of hydrogen-bond donors (Lipinski definition) is 0. The van der Waals surface area contributed by atoms with Gasteiger partial charge >= 0.3 is 5.97 Å². The van der Waals surface area contributed by atoms with E-state index in [-0.39, 0.29) is 0 Å². The first-order valence-corrected chi connectivity index (χ1v) is 5.65. The van der Waals surface area contributed by atoms with Crippen molar-refractivity contribution in [3.8, 4) is 0 Å². The number of rotatable bonds is 4. The zero-order valence-electron chi connectivity index (χ0n) is 10.5. The molecule has 2 aromatic heterocycles. The zero-order chi connectivity index (χ0) is 14.0. The number of hydrogen-bond acceptors (Lipinski definition) is 5. The third-order valence-corrected chi connectivity index (χ3v) is 2.87. The van der Waals surface area contributed by atoms with Crippen LogP contribution in [0, 0.1) is 5.92 Å². The van der Waals surface area contributed by atoms with Crippen molar-refractivity contribution in [2.75, 3.05) is 7.11 Å². The van der Waals surface area contributed by atoms with Crippen molar-refractivity contribution in [1.82, 2.24) is 9.61 Å². The van der Waals surface area contributed by atoms with Gasteiger partial charge < -0.3 is 4.74 Å². The number of Topliss-reactive ketones (excluding diaryl/α,β-unsaturated/α-hetero) is 2. The fourth-order valence-electron chi connectivity index (χ4n) is 1.75. The van der Waals surface area contributed by atoms with Crippen molar-refractivity contribution in [2.45, 2.75) is 6.92 Å². The fraction of sp³-hybridized carbons (Fsp3) is 0.231. The molecule has 2 aromatic rings. The van der Waals surface area contributed by atoms with Gasteiger partial charge in [0.1, 0.15) is 0 Å². The lowest BCUT2D eigenvalue weighted by Gasteiger charge is -2.06. The first-order valence-electron chi connectivity index (χ1n) is 5.65. The van der Waals surface area contributed by atoms with Crippen LogP contribution in [0.4, 0.5) is 0 Å². The maximum Gasteiger partial charge on any atom is 0.375 e. The third kappa shape index (κ3) is 2.24. The van der Waals surface area contributed by atoms with Crippen LogP contribution in [0.25, 0.3) is 5.52 Å². The molecule has 1 atom stereocenters. The van der Waals surface area contributed by atoms with Gasteiger partial charge in [-0.1, -0.05) is 6.07 Å². The van der Waals surface area contributed by atoms with Gasteiger partial charge in [-0.05, 0) is 19.1 Å². The van der Waals surface area contributed by atoms with Crippen molar-refractivity contribution in [1.29, 1.82) is 0 Å². The highest BCUT2D eigenvalue weighted by atomic mass is 16.5. The third-order valence-electron chi connectivity index (χ3n) is 2.87. The minimum atomic E-state index is -1.08. The second-order valence-corrected chi connectivity index (χ2v) is 4.03. The predicted octanol–water partition coefficient (Wildman–Crippen LogP) is 0.895. The predicted molar refractivity (Wildman–Crippen MR) is 65.7 cm³/mol. The van der Waals surface area contributed by atoms with Crippen LogP contribution >= 0.6 is 0 Å². The molecule has 1 unspecified atom stereocenters. The van der Waals surface area contributed by atoms with Crippen LogP contribution in [0.3, 0.4) is 0 Å². The molecule has 19 heavy (non-hydrogen) atoms. The molecule has 0 aliphatic heterocycles. The Labute approximate surface area is 109 Å². The number of fused-ring (bicyclic) bond motifs is 1. The molecular weight excluding hydrogens is 248 g/mol. The SMILES string of the molecule is COC(=O)C(=O)C(C)C(=O)c1cnn2ccccc12. The summed E-state index contributed by atoms with van der Waals surface area (Å²) in [6.45, 7) is 1.38. The van der Waals surface area contributed by atoms with Crippen molar-refractivity contribution in [3.63, 3.8) is 0 Å². The van der Waals surface area contributed by atoms with E-state index in [1.807, 2.05) is 0 Å². The molecule has 98 valence electrons. The second kappa shape index (κ2) is 5.01. The summed E-state index contributed by atoms with van der Waals surface area (Å²) in [5.74, 6) is -3.41. The van der Waals surface area contributed by atoms with Crippen molar-refractivity contribution in [2.24, 2.45) is 5.92 Å². The number of ether oxygens (including phenoxy) is 1. The fourth-order valence-corrected chi connectivity index (χ4v) is 1.75. The quantitative estimate of drug-likeness (QED) is 0.353. The molecule has 0 N–H and O–H groups in total. The van der Waals surface area contributed by atoms with Gasteiger partial charge in [-0.25, -0.2) is 9.31 Å². The highest BCUT2D eigenvalue weighted by molar-refractivity contribution is 6.39. The molecule has 0 radical (unpaired) electrons. The highest BCUT2D eigenvalue weighted by Gasteiger charge is 2.30. The molecule has 0 amide bonds. The van der Waals surface area contributed by atoms with Crippen LogP contribution in [0.1, 0.15) is 17.3 Å². The molecule has 0 bridgehead atoms. The lowest BCUT2D eigenvalue weighted by molar-refractivity contribution is -0.152. The van der Waals surface area contributed by atoms with Gasteiger partial charge in [-0.3, -0.25) is 9.59 Å². The first-order chi connectivity index (χ1) is 9.06.